The standard InChI is InChI=1S/C15H21NO3/c17-10-9-16(13-7-4-8-13)11-14(15(18)19)12-5-2-1-3-6-12/h1-3,5-6,13-14,17H,4,7-11H2,(H,18,19). The lowest BCUT2D eigenvalue weighted by atomic mass is 9.89. The van der Waals surface area contributed by atoms with Crippen LogP contribution in [0.3, 0.4) is 0 Å². The molecule has 0 radical (unpaired) electrons. The zero-order valence-corrected chi connectivity index (χ0v) is 11.0. The van der Waals surface area contributed by atoms with E-state index < -0.39 is 11.9 Å². The molecule has 4 nitrogen and oxygen atoms in total. The van der Waals surface area contributed by atoms with Crippen molar-refractivity contribution in [1.82, 2.24) is 4.90 Å². The highest BCUT2D eigenvalue weighted by Crippen LogP contribution is 2.27. The molecule has 0 spiro atoms. The van der Waals surface area contributed by atoms with E-state index in [2.05, 4.69) is 4.90 Å². The second kappa shape index (κ2) is 6.68. The van der Waals surface area contributed by atoms with Gasteiger partial charge in [-0.3, -0.25) is 9.69 Å². The van der Waals surface area contributed by atoms with Crippen LogP contribution in [0.25, 0.3) is 0 Å². The SMILES string of the molecule is O=C(O)C(CN(CCO)C1CCC1)c1ccccc1. The van der Waals surface area contributed by atoms with Crippen molar-refractivity contribution in [2.75, 3.05) is 19.7 Å². The topological polar surface area (TPSA) is 60.8 Å². The van der Waals surface area contributed by atoms with Gasteiger partial charge >= 0.3 is 5.97 Å². The Labute approximate surface area is 113 Å². The quantitative estimate of drug-likeness (QED) is 0.786. The van der Waals surface area contributed by atoms with E-state index in [1.54, 1.807) is 0 Å². The minimum Gasteiger partial charge on any atom is -0.481 e. The van der Waals surface area contributed by atoms with E-state index in [1.165, 1.54) is 6.42 Å². The molecule has 4 heteroatoms. The first-order chi connectivity index (χ1) is 9.22. The Morgan fingerprint density at radius 1 is 1.32 bits per heavy atom. The predicted molar refractivity (Wildman–Crippen MR) is 73.1 cm³/mol. The van der Waals surface area contributed by atoms with E-state index in [-0.39, 0.29) is 6.61 Å². The van der Waals surface area contributed by atoms with Gasteiger partial charge in [-0.1, -0.05) is 36.8 Å². The second-order valence-corrected chi connectivity index (χ2v) is 5.10. The summed E-state index contributed by atoms with van der Waals surface area (Å²) in [6.45, 7) is 1.11. The third kappa shape index (κ3) is 3.55. The second-order valence-electron chi connectivity index (χ2n) is 5.10. The molecule has 2 N–H and O–H groups in total. The lowest BCUT2D eigenvalue weighted by molar-refractivity contribution is -0.139. The van der Waals surface area contributed by atoms with Crippen LogP contribution >= 0.6 is 0 Å². The molecule has 0 aliphatic heterocycles. The summed E-state index contributed by atoms with van der Waals surface area (Å²) in [7, 11) is 0. The minimum atomic E-state index is -0.798. The van der Waals surface area contributed by atoms with Crippen molar-refractivity contribution in [3.63, 3.8) is 0 Å². The lowest BCUT2D eigenvalue weighted by Crippen LogP contribution is -2.44. The van der Waals surface area contributed by atoms with Gasteiger partial charge in [-0.25, -0.2) is 0 Å². The molecule has 1 unspecified atom stereocenters. The summed E-state index contributed by atoms with van der Waals surface area (Å²) in [4.78, 5) is 13.6. The van der Waals surface area contributed by atoms with E-state index >= 15 is 0 Å². The molecule has 1 fully saturated rings. The molecule has 1 saturated carbocycles. The number of carbonyl (C=O) groups is 1. The molecule has 1 aliphatic carbocycles. The van der Waals surface area contributed by atoms with E-state index in [9.17, 15) is 9.90 Å². The Morgan fingerprint density at radius 3 is 2.47 bits per heavy atom. The highest BCUT2D eigenvalue weighted by molar-refractivity contribution is 5.76. The van der Waals surface area contributed by atoms with Crippen LogP contribution in [0.1, 0.15) is 30.7 Å². The van der Waals surface area contributed by atoms with E-state index in [1.807, 2.05) is 30.3 Å². The molecule has 1 aromatic carbocycles. The van der Waals surface area contributed by atoms with E-state index in [4.69, 9.17) is 5.11 Å². The number of aliphatic carboxylic acids is 1. The molecule has 2 rings (SSSR count). The molecule has 1 aromatic rings. The first-order valence-electron chi connectivity index (χ1n) is 6.85. The number of aliphatic hydroxyl groups is 1. The zero-order valence-electron chi connectivity index (χ0n) is 11.0. The first-order valence-corrected chi connectivity index (χ1v) is 6.85. The lowest BCUT2D eigenvalue weighted by Gasteiger charge is -2.38. The van der Waals surface area contributed by atoms with Gasteiger partial charge in [0, 0.05) is 19.1 Å². The van der Waals surface area contributed by atoms with Crippen molar-refractivity contribution in [2.24, 2.45) is 0 Å². The van der Waals surface area contributed by atoms with E-state index in [0.29, 0.717) is 19.1 Å². The smallest absolute Gasteiger partial charge is 0.312 e. The highest BCUT2D eigenvalue weighted by atomic mass is 16.4. The summed E-state index contributed by atoms with van der Waals surface area (Å²) in [5, 5.41) is 18.6. The fourth-order valence-corrected chi connectivity index (χ4v) is 2.55. The molecule has 0 bridgehead atoms. The normalized spacial score (nSPS) is 17.2. The van der Waals surface area contributed by atoms with Crippen LogP contribution in [-0.4, -0.2) is 46.8 Å². The van der Waals surface area contributed by atoms with Gasteiger partial charge < -0.3 is 10.2 Å². The van der Waals surface area contributed by atoms with Gasteiger partial charge in [0.05, 0.1) is 12.5 Å². The molecule has 104 valence electrons. The molecular formula is C15H21NO3. The minimum absolute atomic E-state index is 0.0810. The van der Waals surface area contributed by atoms with Crippen LogP contribution < -0.4 is 0 Å². The van der Waals surface area contributed by atoms with Crippen LogP contribution in [0.2, 0.25) is 0 Å². The molecule has 1 aliphatic rings. The van der Waals surface area contributed by atoms with Crippen LogP contribution in [0, 0.1) is 0 Å². The Kier molecular flexibility index (Phi) is 4.93. The molecular weight excluding hydrogens is 242 g/mol. The van der Waals surface area contributed by atoms with E-state index in [0.717, 1.165) is 18.4 Å². The molecule has 19 heavy (non-hydrogen) atoms. The maximum Gasteiger partial charge on any atom is 0.312 e. The molecule has 0 amide bonds. The Bertz CT molecular complexity index is 403. The van der Waals surface area contributed by atoms with Crippen LogP contribution in [0.4, 0.5) is 0 Å². The monoisotopic (exact) mass is 263 g/mol. The van der Waals surface area contributed by atoms with Gasteiger partial charge in [-0.05, 0) is 18.4 Å². The summed E-state index contributed by atoms with van der Waals surface area (Å²) >= 11 is 0. The van der Waals surface area contributed by atoms with Gasteiger partial charge in [0.25, 0.3) is 0 Å². The van der Waals surface area contributed by atoms with Gasteiger partial charge in [-0.15, -0.1) is 0 Å². The fraction of sp³-hybridized carbons (Fsp3) is 0.533. The fourth-order valence-electron chi connectivity index (χ4n) is 2.55. The Hall–Kier alpha value is -1.39. The van der Waals surface area contributed by atoms with Crippen molar-refractivity contribution in [3.8, 4) is 0 Å². The Balaban J connectivity index is 2.08. The van der Waals surface area contributed by atoms with Crippen LogP contribution in [0.5, 0.6) is 0 Å². The third-order valence-electron chi connectivity index (χ3n) is 3.90. The Morgan fingerprint density at radius 2 is 2.00 bits per heavy atom. The largest absolute Gasteiger partial charge is 0.481 e. The van der Waals surface area contributed by atoms with Crippen LogP contribution in [-0.2, 0) is 4.79 Å². The zero-order chi connectivity index (χ0) is 13.7. The van der Waals surface area contributed by atoms with Crippen molar-refractivity contribution < 1.29 is 15.0 Å². The summed E-state index contributed by atoms with van der Waals surface area (Å²) in [5.41, 5.74) is 0.831. The molecule has 0 heterocycles. The van der Waals surface area contributed by atoms with Crippen molar-refractivity contribution >= 4 is 5.97 Å². The summed E-state index contributed by atoms with van der Waals surface area (Å²) in [5.74, 6) is -1.32. The highest BCUT2D eigenvalue weighted by Gasteiger charge is 2.29. The number of nitrogens with zero attached hydrogens (tertiary/aromatic N) is 1. The first kappa shape index (κ1) is 14.0. The average molecular weight is 263 g/mol. The number of hydrogen-bond donors (Lipinski definition) is 2. The van der Waals surface area contributed by atoms with Gasteiger partial charge in [0.2, 0.25) is 0 Å². The predicted octanol–water partition coefficient (Wildman–Crippen LogP) is 1.70. The number of aliphatic hydroxyl groups excluding tert-OH is 1. The number of benzene rings is 1. The van der Waals surface area contributed by atoms with Crippen molar-refractivity contribution in [1.29, 1.82) is 0 Å². The molecule has 1 atom stereocenters. The maximum atomic E-state index is 11.5. The number of carboxylic acids is 1. The van der Waals surface area contributed by atoms with Crippen molar-refractivity contribution in [2.45, 2.75) is 31.2 Å². The summed E-state index contributed by atoms with van der Waals surface area (Å²) in [6.07, 6.45) is 3.43. The summed E-state index contributed by atoms with van der Waals surface area (Å²) < 4.78 is 0. The number of rotatable bonds is 7. The van der Waals surface area contributed by atoms with Gasteiger partial charge in [0.1, 0.15) is 0 Å². The molecule has 0 aromatic heterocycles. The summed E-state index contributed by atoms with van der Waals surface area (Å²) in [6, 6.07) is 9.78. The third-order valence-corrected chi connectivity index (χ3v) is 3.90. The molecule has 0 saturated heterocycles. The van der Waals surface area contributed by atoms with Crippen molar-refractivity contribution in [3.05, 3.63) is 35.9 Å². The van der Waals surface area contributed by atoms with Gasteiger partial charge in [-0.2, -0.15) is 0 Å². The average Bonchev–Trinajstić information content (AvgIpc) is 2.34. The maximum absolute atomic E-state index is 11.5. The number of hydrogen-bond acceptors (Lipinski definition) is 3. The number of carboxylic acid groups (broad SMARTS) is 1. The van der Waals surface area contributed by atoms with Gasteiger partial charge in [0.15, 0.2) is 0 Å². The van der Waals surface area contributed by atoms with Crippen LogP contribution in [0.15, 0.2) is 30.3 Å².